The highest BCUT2D eigenvalue weighted by atomic mass is 35.5. The van der Waals surface area contributed by atoms with Gasteiger partial charge in [0.05, 0.1) is 12.8 Å². The van der Waals surface area contributed by atoms with Crippen molar-refractivity contribution < 1.29 is 23.1 Å². The molecule has 0 aromatic heterocycles. The first-order chi connectivity index (χ1) is 12.1. The van der Waals surface area contributed by atoms with Gasteiger partial charge in [-0.1, -0.05) is 11.6 Å². The number of halogens is 3. The van der Waals surface area contributed by atoms with Gasteiger partial charge in [-0.3, -0.25) is 9.59 Å². The Balaban J connectivity index is 2.17. The van der Waals surface area contributed by atoms with E-state index in [9.17, 15) is 18.4 Å². The molecule has 0 spiro atoms. The number of hydrogen-bond donors (Lipinski definition) is 2. The first-order valence-electron chi connectivity index (χ1n) is 7.56. The van der Waals surface area contributed by atoms with Gasteiger partial charge in [-0.05, 0) is 44.2 Å². The van der Waals surface area contributed by atoms with Crippen molar-refractivity contribution in [2.45, 2.75) is 13.8 Å². The number of ether oxygens (including phenoxy) is 1. The van der Waals surface area contributed by atoms with Gasteiger partial charge in [-0.25, -0.2) is 8.78 Å². The summed E-state index contributed by atoms with van der Waals surface area (Å²) in [6.07, 6.45) is 0. The molecule has 0 atom stereocenters. The van der Waals surface area contributed by atoms with Crippen LogP contribution in [0.3, 0.4) is 0 Å². The van der Waals surface area contributed by atoms with Gasteiger partial charge >= 0.3 is 0 Å². The Morgan fingerprint density at radius 1 is 1.00 bits per heavy atom. The van der Waals surface area contributed by atoms with Crippen LogP contribution < -0.4 is 15.4 Å². The Labute approximate surface area is 154 Å². The van der Waals surface area contributed by atoms with Crippen LogP contribution in [0.4, 0.5) is 20.2 Å². The predicted molar refractivity (Wildman–Crippen MR) is 95.4 cm³/mol. The lowest BCUT2D eigenvalue weighted by atomic mass is 9.90. The molecular weight excluding hydrogens is 366 g/mol. The van der Waals surface area contributed by atoms with Crippen LogP contribution in [-0.2, 0) is 9.59 Å². The maximum absolute atomic E-state index is 13.3. The number of anilines is 2. The van der Waals surface area contributed by atoms with Crippen LogP contribution >= 0.6 is 11.6 Å². The van der Waals surface area contributed by atoms with Crippen LogP contribution in [0.2, 0.25) is 5.02 Å². The zero-order chi connectivity index (χ0) is 19.5. The third-order valence-electron chi connectivity index (χ3n) is 3.72. The van der Waals surface area contributed by atoms with E-state index in [1.54, 1.807) is 12.1 Å². The number of hydrogen-bond acceptors (Lipinski definition) is 3. The Kier molecular flexibility index (Phi) is 5.82. The van der Waals surface area contributed by atoms with Crippen molar-refractivity contribution in [3.8, 4) is 5.75 Å². The average Bonchev–Trinajstić information content (AvgIpc) is 2.58. The van der Waals surface area contributed by atoms with Gasteiger partial charge in [0.25, 0.3) is 0 Å². The van der Waals surface area contributed by atoms with Crippen LogP contribution in [0.1, 0.15) is 13.8 Å². The van der Waals surface area contributed by atoms with Gasteiger partial charge in [0.2, 0.25) is 11.8 Å². The highest BCUT2D eigenvalue weighted by molar-refractivity contribution is 6.31. The van der Waals surface area contributed by atoms with Gasteiger partial charge in [-0.2, -0.15) is 0 Å². The van der Waals surface area contributed by atoms with Crippen LogP contribution in [-0.4, -0.2) is 18.9 Å². The topological polar surface area (TPSA) is 67.4 Å². The van der Waals surface area contributed by atoms with Crippen molar-refractivity contribution in [1.29, 1.82) is 0 Å². The monoisotopic (exact) mass is 382 g/mol. The minimum absolute atomic E-state index is 0.0371. The van der Waals surface area contributed by atoms with Crippen molar-refractivity contribution in [2.75, 3.05) is 17.7 Å². The second-order valence-corrected chi connectivity index (χ2v) is 6.44. The first-order valence-corrected chi connectivity index (χ1v) is 7.94. The molecule has 0 aliphatic rings. The summed E-state index contributed by atoms with van der Waals surface area (Å²) in [5.74, 6) is -3.08. The molecule has 0 fully saturated rings. The lowest BCUT2D eigenvalue weighted by Crippen LogP contribution is -2.41. The number of nitrogens with one attached hydrogen (secondary N) is 2. The molecule has 0 aliphatic carbocycles. The number of carbonyl (C=O) groups excluding carboxylic acids is 2. The Morgan fingerprint density at radius 3 is 2.27 bits per heavy atom. The van der Waals surface area contributed by atoms with Gasteiger partial charge in [-0.15, -0.1) is 0 Å². The van der Waals surface area contributed by atoms with Crippen molar-refractivity contribution in [3.05, 3.63) is 53.1 Å². The van der Waals surface area contributed by atoms with E-state index in [-0.39, 0.29) is 5.69 Å². The fourth-order valence-corrected chi connectivity index (χ4v) is 2.19. The second-order valence-electron chi connectivity index (χ2n) is 6.01. The zero-order valence-corrected chi connectivity index (χ0v) is 15.1. The van der Waals surface area contributed by atoms with Crippen molar-refractivity contribution in [1.82, 2.24) is 0 Å². The normalized spacial score (nSPS) is 11.0. The number of benzene rings is 2. The molecule has 0 radical (unpaired) electrons. The summed E-state index contributed by atoms with van der Waals surface area (Å²) in [4.78, 5) is 25.0. The lowest BCUT2D eigenvalue weighted by Gasteiger charge is -2.23. The Hall–Kier alpha value is -2.67. The molecule has 0 heterocycles. The van der Waals surface area contributed by atoms with E-state index in [1.807, 2.05) is 0 Å². The smallest absolute Gasteiger partial charge is 0.239 e. The molecule has 2 aromatic rings. The van der Waals surface area contributed by atoms with Gasteiger partial charge in [0.15, 0.2) is 11.6 Å². The third kappa shape index (κ3) is 4.29. The van der Waals surface area contributed by atoms with E-state index in [0.717, 1.165) is 12.1 Å². The Morgan fingerprint density at radius 2 is 1.65 bits per heavy atom. The van der Waals surface area contributed by atoms with E-state index in [4.69, 9.17) is 16.3 Å². The molecule has 2 amide bonds. The summed E-state index contributed by atoms with van der Waals surface area (Å²) >= 11 is 5.92. The molecule has 5 nitrogen and oxygen atoms in total. The molecule has 0 aliphatic heterocycles. The number of carbonyl (C=O) groups is 2. The third-order valence-corrected chi connectivity index (χ3v) is 3.96. The van der Waals surface area contributed by atoms with Crippen LogP contribution in [0, 0.1) is 17.0 Å². The predicted octanol–water partition coefficient (Wildman–Crippen LogP) is 4.23. The first kappa shape index (κ1) is 19.7. The molecule has 2 N–H and O–H groups in total. The highest BCUT2D eigenvalue weighted by Gasteiger charge is 2.36. The molecule has 0 saturated heterocycles. The summed E-state index contributed by atoms with van der Waals surface area (Å²) < 4.78 is 31.4. The Bertz CT molecular complexity index is 856. The molecular formula is C18H17ClF2N2O3. The van der Waals surface area contributed by atoms with E-state index in [0.29, 0.717) is 16.5 Å². The molecule has 2 rings (SSSR count). The molecule has 0 bridgehead atoms. The lowest BCUT2D eigenvalue weighted by molar-refractivity contribution is -0.135. The van der Waals surface area contributed by atoms with Gasteiger partial charge in [0, 0.05) is 16.8 Å². The molecule has 26 heavy (non-hydrogen) atoms. The van der Waals surface area contributed by atoms with Crippen LogP contribution in [0.25, 0.3) is 0 Å². The zero-order valence-electron chi connectivity index (χ0n) is 14.3. The van der Waals surface area contributed by atoms with E-state index < -0.39 is 28.9 Å². The summed E-state index contributed by atoms with van der Waals surface area (Å²) in [6.45, 7) is 2.79. The van der Waals surface area contributed by atoms with Crippen molar-refractivity contribution in [2.24, 2.45) is 5.41 Å². The summed E-state index contributed by atoms with van der Waals surface area (Å²) in [5, 5.41) is 5.36. The van der Waals surface area contributed by atoms with E-state index >= 15 is 0 Å². The van der Waals surface area contributed by atoms with Crippen LogP contribution in [0.15, 0.2) is 36.4 Å². The largest absolute Gasteiger partial charge is 0.495 e. The molecule has 0 saturated carbocycles. The molecule has 138 valence electrons. The summed E-state index contributed by atoms with van der Waals surface area (Å²) in [6, 6.07) is 7.57. The minimum Gasteiger partial charge on any atom is -0.495 e. The number of rotatable bonds is 5. The maximum Gasteiger partial charge on any atom is 0.239 e. The fourth-order valence-electron chi connectivity index (χ4n) is 2.02. The van der Waals surface area contributed by atoms with Crippen LogP contribution in [0.5, 0.6) is 5.75 Å². The van der Waals surface area contributed by atoms with Gasteiger partial charge < -0.3 is 15.4 Å². The SMILES string of the molecule is COc1ccc(Cl)cc1NC(=O)C(C)(C)C(=O)Nc1ccc(F)c(F)c1. The fraction of sp³-hybridized carbons (Fsp3) is 0.222. The van der Waals surface area contributed by atoms with Crippen molar-refractivity contribution >= 4 is 34.8 Å². The van der Waals surface area contributed by atoms with E-state index in [1.165, 1.54) is 33.1 Å². The second kappa shape index (κ2) is 7.70. The average molecular weight is 383 g/mol. The minimum atomic E-state index is -1.52. The quantitative estimate of drug-likeness (QED) is 0.760. The molecule has 0 unspecified atom stereocenters. The van der Waals surface area contributed by atoms with E-state index in [2.05, 4.69) is 10.6 Å². The molecule has 8 heteroatoms. The number of amides is 2. The summed E-state index contributed by atoms with van der Waals surface area (Å²) in [5.41, 5.74) is -1.17. The molecule has 2 aromatic carbocycles. The maximum atomic E-state index is 13.3. The van der Waals surface area contributed by atoms with Crippen molar-refractivity contribution in [3.63, 3.8) is 0 Å². The number of methoxy groups -OCH3 is 1. The van der Waals surface area contributed by atoms with Gasteiger partial charge in [0.1, 0.15) is 11.2 Å². The standard InChI is InChI=1S/C18H17ClF2N2O3/c1-18(2,16(24)22-11-5-6-12(20)13(21)9-11)17(25)23-14-8-10(19)4-7-15(14)26-3/h4-9H,1-3H3,(H,22,24)(H,23,25). The highest BCUT2D eigenvalue weighted by Crippen LogP contribution is 2.30. The summed E-state index contributed by atoms with van der Waals surface area (Å²) in [7, 11) is 1.43.